The second-order valence-electron chi connectivity index (χ2n) is 5.10. The summed E-state index contributed by atoms with van der Waals surface area (Å²) in [6.07, 6.45) is 0.0841. The van der Waals surface area contributed by atoms with Crippen molar-refractivity contribution >= 4 is 12.0 Å². The molecule has 1 aromatic rings. The fourth-order valence-electron chi connectivity index (χ4n) is 2.29. The molecule has 1 N–H and O–H groups in total. The van der Waals surface area contributed by atoms with Crippen LogP contribution in [0.3, 0.4) is 0 Å². The maximum absolute atomic E-state index is 13.5. The first kappa shape index (κ1) is 14.3. The van der Waals surface area contributed by atoms with Gasteiger partial charge in [-0.2, -0.15) is 0 Å². The van der Waals surface area contributed by atoms with Crippen molar-refractivity contribution in [1.82, 2.24) is 9.80 Å². The lowest BCUT2D eigenvalue weighted by atomic mass is 9.97. The van der Waals surface area contributed by atoms with Gasteiger partial charge in [0.05, 0.1) is 6.42 Å². The van der Waals surface area contributed by atoms with E-state index >= 15 is 0 Å². The van der Waals surface area contributed by atoms with Crippen LogP contribution in [0.15, 0.2) is 24.3 Å². The van der Waals surface area contributed by atoms with Gasteiger partial charge in [-0.15, -0.1) is 0 Å². The summed E-state index contributed by atoms with van der Waals surface area (Å²) < 4.78 is 13.5. The van der Waals surface area contributed by atoms with Crippen LogP contribution in [-0.2, 0) is 11.3 Å². The summed E-state index contributed by atoms with van der Waals surface area (Å²) >= 11 is 0. The molecule has 0 saturated carbocycles. The molecule has 5 nitrogen and oxygen atoms in total. The van der Waals surface area contributed by atoms with E-state index < -0.39 is 5.97 Å². The molecule has 0 aliphatic carbocycles. The van der Waals surface area contributed by atoms with Crippen LogP contribution in [-0.4, -0.2) is 47.0 Å². The number of nitrogens with zero attached hydrogens (tertiary/aromatic N) is 2. The number of aliphatic carboxylic acids is 1. The van der Waals surface area contributed by atoms with Crippen molar-refractivity contribution in [3.63, 3.8) is 0 Å². The smallest absolute Gasteiger partial charge is 0.320 e. The number of hydrogen-bond acceptors (Lipinski definition) is 2. The Morgan fingerprint density at radius 2 is 2.05 bits per heavy atom. The van der Waals surface area contributed by atoms with Gasteiger partial charge in [-0.3, -0.25) is 4.79 Å². The Bertz CT molecular complexity index is 515. The average Bonchev–Trinajstić information content (AvgIpc) is 2.35. The predicted molar refractivity (Wildman–Crippen MR) is 70.6 cm³/mol. The Morgan fingerprint density at radius 1 is 1.40 bits per heavy atom. The van der Waals surface area contributed by atoms with Crippen molar-refractivity contribution in [3.05, 3.63) is 35.6 Å². The number of urea groups is 1. The molecule has 1 aliphatic heterocycles. The van der Waals surface area contributed by atoms with Gasteiger partial charge in [0, 0.05) is 38.2 Å². The van der Waals surface area contributed by atoms with Gasteiger partial charge in [-0.05, 0) is 6.07 Å². The predicted octanol–water partition coefficient (Wildman–Crippen LogP) is 1.78. The number of amides is 2. The maximum atomic E-state index is 13.5. The molecule has 6 heteroatoms. The molecule has 108 valence electrons. The van der Waals surface area contributed by atoms with Crippen molar-refractivity contribution in [2.75, 3.05) is 20.1 Å². The van der Waals surface area contributed by atoms with Gasteiger partial charge in [-0.1, -0.05) is 18.2 Å². The van der Waals surface area contributed by atoms with Crippen molar-refractivity contribution in [2.24, 2.45) is 5.92 Å². The standard InChI is InChI=1S/C14H17FN2O3/c1-16(9-11-4-2-3-5-12(11)15)14(20)17-7-10(8-17)6-13(18)19/h2-5,10H,6-9H2,1H3,(H,18,19). The summed E-state index contributed by atoms with van der Waals surface area (Å²) in [7, 11) is 1.61. The number of rotatable bonds is 4. The molecule has 0 spiro atoms. The maximum Gasteiger partial charge on any atom is 0.320 e. The molecule has 1 saturated heterocycles. The summed E-state index contributed by atoms with van der Waals surface area (Å²) in [6.45, 7) is 1.10. The van der Waals surface area contributed by atoms with E-state index in [0.29, 0.717) is 18.7 Å². The van der Waals surface area contributed by atoms with Gasteiger partial charge < -0.3 is 14.9 Å². The van der Waals surface area contributed by atoms with Crippen LogP contribution in [0.25, 0.3) is 0 Å². The van der Waals surface area contributed by atoms with Crippen LogP contribution < -0.4 is 0 Å². The molecular weight excluding hydrogens is 263 g/mol. The highest BCUT2D eigenvalue weighted by Crippen LogP contribution is 2.21. The second-order valence-corrected chi connectivity index (χ2v) is 5.10. The van der Waals surface area contributed by atoms with E-state index in [2.05, 4.69) is 0 Å². The van der Waals surface area contributed by atoms with Gasteiger partial charge in [-0.25, -0.2) is 9.18 Å². The van der Waals surface area contributed by atoms with Crippen molar-refractivity contribution in [3.8, 4) is 0 Å². The number of benzene rings is 1. The Labute approximate surface area is 116 Å². The molecule has 1 aliphatic rings. The van der Waals surface area contributed by atoms with Crippen molar-refractivity contribution in [2.45, 2.75) is 13.0 Å². The van der Waals surface area contributed by atoms with Gasteiger partial charge >= 0.3 is 12.0 Å². The lowest BCUT2D eigenvalue weighted by Gasteiger charge is -2.40. The highest BCUT2D eigenvalue weighted by atomic mass is 19.1. The third kappa shape index (κ3) is 3.26. The van der Waals surface area contributed by atoms with Crippen LogP contribution in [0.1, 0.15) is 12.0 Å². The molecule has 2 amide bonds. The summed E-state index contributed by atoms with van der Waals surface area (Å²) in [5.41, 5.74) is 0.464. The summed E-state index contributed by atoms with van der Waals surface area (Å²) in [5, 5.41) is 8.65. The van der Waals surface area contributed by atoms with E-state index in [4.69, 9.17) is 5.11 Å². The van der Waals surface area contributed by atoms with Gasteiger partial charge in [0.25, 0.3) is 0 Å². The molecule has 1 fully saturated rings. The number of likely N-dealkylation sites (tertiary alicyclic amines) is 1. The van der Waals surface area contributed by atoms with E-state index in [1.54, 1.807) is 30.1 Å². The number of carboxylic acid groups (broad SMARTS) is 1. The van der Waals surface area contributed by atoms with Crippen molar-refractivity contribution in [1.29, 1.82) is 0 Å². The number of hydrogen-bond donors (Lipinski definition) is 1. The Morgan fingerprint density at radius 3 is 2.65 bits per heavy atom. The number of carbonyl (C=O) groups excluding carboxylic acids is 1. The fourth-order valence-corrected chi connectivity index (χ4v) is 2.29. The van der Waals surface area contributed by atoms with Crippen LogP contribution >= 0.6 is 0 Å². The zero-order chi connectivity index (χ0) is 14.7. The van der Waals surface area contributed by atoms with Crippen LogP contribution in [0.4, 0.5) is 9.18 Å². The molecule has 1 aromatic carbocycles. The van der Waals surface area contributed by atoms with Gasteiger partial charge in [0.15, 0.2) is 0 Å². The third-order valence-electron chi connectivity index (χ3n) is 3.38. The lowest BCUT2D eigenvalue weighted by molar-refractivity contribution is -0.139. The Balaban J connectivity index is 1.85. The normalized spacial score (nSPS) is 14.8. The van der Waals surface area contributed by atoms with E-state index in [1.165, 1.54) is 11.0 Å². The molecule has 0 radical (unpaired) electrons. The largest absolute Gasteiger partial charge is 0.481 e. The molecule has 0 aromatic heterocycles. The van der Waals surface area contributed by atoms with Crippen molar-refractivity contribution < 1.29 is 19.1 Å². The minimum absolute atomic E-state index is 0.0262. The zero-order valence-electron chi connectivity index (χ0n) is 11.3. The Hall–Kier alpha value is -2.11. The number of carboxylic acids is 1. The summed E-state index contributed by atoms with van der Waals surface area (Å²) in [4.78, 5) is 25.6. The van der Waals surface area contributed by atoms with E-state index in [-0.39, 0.29) is 30.7 Å². The molecular formula is C14H17FN2O3. The first-order chi connectivity index (χ1) is 9.47. The summed E-state index contributed by atoms with van der Waals surface area (Å²) in [6, 6.07) is 6.13. The molecule has 0 unspecified atom stereocenters. The van der Waals surface area contributed by atoms with E-state index in [1.807, 2.05) is 0 Å². The highest BCUT2D eigenvalue weighted by molar-refractivity contribution is 5.75. The average molecular weight is 280 g/mol. The molecule has 2 rings (SSSR count). The first-order valence-electron chi connectivity index (χ1n) is 6.42. The SMILES string of the molecule is CN(Cc1ccccc1F)C(=O)N1CC(CC(=O)O)C1. The minimum atomic E-state index is -0.846. The first-order valence-corrected chi connectivity index (χ1v) is 6.42. The number of halogens is 1. The van der Waals surface area contributed by atoms with E-state index in [9.17, 15) is 14.0 Å². The van der Waals surface area contributed by atoms with Gasteiger partial charge in [0.2, 0.25) is 0 Å². The fraction of sp³-hybridized carbons (Fsp3) is 0.429. The Kier molecular flexibility index (Phi) is 4.22. The van der Waals surface area contributed by atoms with Crippen LogP contribution in [0.2, 0.25) is 0 Å². The molecule has 1 heterocycles. The quantitative estimate of drug-likeness (QED) is 0.914. The highest BCUT2D eigenvalue weighted by Gasteiger charge is 2.33. The van der Waals surface area contributed by atoms with E-state index in [0.717, 1.165) is 0 Å². The van der Waals surface area contributed by atoms with Crippen LogP contribution in [0, 0.1) is 11.7 Å². The second kappa shape index (κ2) is 5.90. The third-order valence-corrected chi connectivity index (χ3v) is 3.38. The zero-order valence-corrected chi connectivity index (χ0v) is 11.3. The minimum Gasteiger partial charge on any atom is -0.481 e. The topological polar surface area (TPSA) is 60.9 Å². The molecule has 20 heavy (non-hydrogen) atoms. The summed E-state index contributed by atoms with van der Waals surface area (Å²) in [5.74, 6) is -1.15. The monoisotopic (exact) mass is 280 g/mol. The molecule has 0 atom stereocenters. The lowest BCUT2D eigenvalue weighted by Crippen LogP contribution is -2.54. The molecule has 0 bridgehead atoms. The van der Waals surface area contributed by atoms with Crippen LogP contribution in [0.5, 0.6) is 0 Å². The van der Waals surface area contributed by atoms with Gasteiger partial charge in [0.1, 0.15) is 5.82 Å². The number of carbonyl (C=O) groups is 2.